The Kier molecular flexibility index (Phi) is 5.83. The molecule has 5 nitrogen and oxygen atoms in total. The quantitative estimate of drug-likeness (QED) is 0.442. The summed E-state index contributed by atoms with van der Waals surface area (Å²) in [5, 5.41) is 3.38. The fraction of sp³-hybridized carbons (Fsp3) is 0.333. The van der Waals surface area contributed by atoms with Gasteiger partial charge in [0, 0.05) is 14.9 Å². The summed E-state index contributed by atoms with van der Waals surface area (Å²) in [6.45, 7) is 6.73. The van der Waals surface area contributed by atoms with Gasteiger partial charge in [0.25, 0.3) is 11.8 Å². The maximum Gasteiger partial charge on any atom is 0.292 e. The van der Waals surface area contributed by atoms with E-state index in [1.165, 1.54) is 11.3 Å². The van der Waals surface area contributed by atoms with Gasteiger partial charge in [0.05, 0.1) is 5.56 Å². The van der Waals surface area contributed by atoms with Gasteiger partial charge in [0.2, 0.25) is 0 Å². The number of hydrogen-bond acceptors (Lipinski definition) is 4. The van der Waals surface area contributed by atoms with Crippen molar-refractivity contribution in [3.8, 4) is 11.3 Å². The first-order valence-electron chi connectivity index (χ1n) is 10.2. The molecule has 0 saturated heterocycles. The van der Waals surface area contributed by atoms with E-state index in [0.717, 1.165) is 39.7 Å². The number of anilines is 1. The molecule has 0 bridgehead atoms. The van der Waals surface area contributed by atoms with Crippen LogP contribution < -0.4 is 11.1 Å². The lowest BCUT2D eigenvalue weighted by atomic mass is 9.72. The highest BCUT2D eigenvalue weighted by Crippen LogP contribution is 2.44. The molecular formula is C24H25BrN2O3S. The second-order valence-electron chi connectivity index (χ2n) is 9.00. The van der Waals surface area contributed by atoms with Gasteiger partial charge in [-0.15, -0.1) is 11.3 Å². The molecule has 2 heterocycles. The van der Waals surface area contributed by atoms with Crippen LogP contribution >= 0.6 is 27.3 Å². The molecule has 1 aliphatic rings. The van der Waals surface area contributed by atoms with Gasteiger partial charge in [0.15, 0.2) is 5.76 Å². The topological polar surface area (TPSA) is 85.3 Å². The highest BCUT2D eigenvalue weighted by molar-refractivity contribution is 9.10. The molecule has 0 radical (unpaired) electrons. The minimum Gasteiger partial charge on any atom is -0.451 e. The van der Waals surface area contributed by atoms with E-state index in [0.29, 0.717) is 22.2 Å². The van der Waals surface area contributed by atoms with E-state index in [4.69, 9.17) is 10.2 Å². The molecular weight excluding hydrogens is 476 g/mol. The lowest BCUT2D eigenvalue weighted by Gasteiger charge is -2.33. The fourth-order valence-electron chi connectivity index (χ4n) is 4.07. The van der Waals surface area contributed by atoms with Crippen LogP contribution in [0.2, 0.25) is 0 Å². The van der Waals surface area contributed by atoms with Gasteiger partial charge < -0.3 is 15.5 Å². The monoisotopic (exact) mass is 500 g/mol. The Morgan fingerprint density at radius 1 is 1.16 bits per heavy atom. The molecule has 2 amide bonds. The predicted molar refractivity (Wildman–Crippen MR) is 128 cm³/mol. The SMILES string of the molecule is CC(C)(C)C1CCc2c(sc(NC(=O)c3ccc(-c4ccc(Br)cc4)o3)c2C(N)=O)C1. The van der Waals surface area contributed by atoms with Crippen molar-refractivity contribution in [3.63, 3.8) is 0 Å². The molecule has 0 aliphatic heterocycles. The van der Waals surface area contributed by atoms with Crippen LogP contribution in [-0.4, -0.2) is 11.8 Å². The van der Waals surface area contributed by atoms with Crippen LogP contribution in [-0.2, 0) is 12.8 Å². The third kappa shape index (κ3) is 4.48. The zero-order valence-corrected chi connectivity index (χ0v) is 20.2. The summed E-state index contributed by atoms with van der Waals surface area (Å²) >= 11 is 4.87. The van der Waals surface area contributed by atoms with Crippen LogP contribution in [0.3, 0.4) is 0 Å². The van der Waals surface area contributed by atoms with Gasteiger partial charge in [0.1, 0.15) is 10.8 Å². The van der Waals surface area contributed by atoms with Gasteiger partial charge in [-0.05, 0) is 60.4 Å². The van der Waals surface area contributed by atoms with Crippen molar-refractivity contribution in [2.24, 2.45) is 17.1 Å². The molecule has 3 aromatic rings. The van der Waals surface area contributed by atoms with Crippen molar-refractivity contribution in [2.45, 2.75) is 40.0 Å². The van der Waals surface area contributed by atoms with E-state index in [9.17, 15) is 9.59 Å². The molecule has 31 heavy (non-hydrogen) atoms. The van der Waals surface area contributed by atoms with Gasteiger partial charge in [-0.1, -0.05) is 48.8 Å². The number of carbonyl (C=O) groups is 2. The number of fused-ring (bicyclic) bond motifs is 1. The molecule has 0 saturated carbocycles. The molecule has 1 aliphatic carbocycles. The van der Waals surface area contributed by atoms with Crippen molar-refractivity contribution in [2.75, 3.05) is 5.32 Å². The van der Waals surface area contributed by atoms with Crippen molar-refractivity contribution < 1.29 is 14.0 Å². The number of nitrogens with one attached hydrogen (secondary N) is 1. The normalized spacial score (nSPS) is 16.1. The molecule has 1 atom stereocenters. The van der Waals surface area contributed by atoms with E-state index >= 15 is 0 Å². The second-order valence-corrected chi connectivity index (χ2v) is 11.0. The molecule has 4 rings (SSSR count). The number of halogens is 1. The number of rotatable bonds is 4. The van der Waals surface area contributed by atoms with Crippen LogP contribution in [0.1, 0.15) is 58.5 Å². The molecule has 0 fully saturated rings. The lowest BCUT2D eigenvalue weighted by molar-refractivity contribution is 0.0997. The van der Waals surface area contributed by atoms with Crippen molar-refractivity contribution >= 4 is 44.1 Å². The van der Waals surface area contributed by atoms with E-state index in [1.807, 2.05) is 24.3 Å². The number of carbonyl (C=O) groups excluding carboxylic acids is 2. The molecule has 1 unspecified atom stereocenters. The largest absolute Gasteiger partial charge is 0.451 e. The van der Waals surface area contributed by atoms with Crippen molar-refractivity contribution in [1.29, 1.82) is 0 Å². The maximum absolute atomic E-state index is 12.9. The molecule has 162 valence electrons. The first-order chi connectivity index (χ1) is 14.6. The van der Waals surface area contributed by atoms with E-state index < -0.39 is 11.8 Å². The van der Waals surface area contributed by atoms with Crippen molar-refractivity contribution in [1.82, 2.24) is 0 Å². The Hall–Kier alpha value is -2.38. The molecule has 7 heteroatoms. The number of amides is 2. The highest BCUT2D eigenvalue weighted by Gasteiger charge is 2.33. The average Bonchev–Trinajstić information content (AvgIpc) is 3.32. The highest BCUT2D eigenvalue weighted by atomic mass is 79.9. The van der Waals surface area contributed by atoms with Crippen LogP contribution in [0.25, 0.3) is 11.3 Å². The predicted octanol–water partition coefficient (Wildman–Crippen LogP) is 6.27. The zero-order valence-electron chi connectivity index (χ0n) is 17.8. The summed E-state index contributed by atoms with van der Waals surface area (Å²) in [5.74, 6) is 0.425. The summed E-state index contributed by atoms with van der Waals surface area (Å²) < 4.78 is 6.74. The van der Waals surface area contributed by atoms with Crippen LogP contribution in [0.15, 0.2) is 45.3 Å². The third-order valence-corrected chi connectivity index (χ3v) is 7.62. The number of thiophene rings is 1. The Labute approximate surface area is 194 Å². The number of hydrogen-bond donors (Lipinski definition) is 2. The summed E-state index contributed by atoms with van der Waals surface area (Å²) in [6, 6.07) is 11.1. The molecule has 3 N–H and O–H groups in total. The summed E-state index contributed by atoms with van der Waals surface area (Å²) in [4.78, 5) is 26.2. The minimum atomic E-state index is -0.503. The molecule has 1 aromatic carbocycles. The average molecular weight is 501 g/mol. The fourth-order valence-corrected chi connectivity index (χ4v) is 5.66. The van der Waals surface area contributed by atoms with Gasteiger partial charge in [-0.2, -0.15) is 0 Å². The van der Waals surface area contributed by atoms with Crippen LogP contribution in [0.4, 0.5) is 5.00 Å². The van der Waals surface area contributed by atoms with E-state index in [-0.39, 0.29) is 11.2 Å². The first kappa shape index (κ1) is 21.8. The van der Waals surface area contributed by atoms with Crippen LogP contribution in [0, 0.1) is 11.3 Å². The smallest absolute Gasteiger partial charge is 0.292 e. The summed E-state index contributed by atoms with van der Waals surface area (Å²) in [6.07, 6.45) is 2.71. The Balaban J connectivity index is 1.58. The second kappa shape index (κ2) is 8.28. The van der Waals surface area contributed by atoms with E-state index in [1.54, 1.807) is 12.1 Å². The number of nitrogens with two attached hydrogens (primary N) is 1. The molecule has 0 spiro atoms. The number of benzene rings is 1. The van der Waals surface area contributed by atoms with Gasteiger partial charge in [-0.3, -0.25) is 9.59 Å². The number of primary amides is 1. The van der Waals surface area contributed by atoms with Crippen molar-refractivity contribution in [3.05, 3.63) is 62.6 Å². The molecule has 2 aromatic heterocycles. The lowest BCUT2D eigenvalue weighted by Crippen LogP contribution is -2.27. The van der Waals surface area contributed by atoms with E-state index in [2.05, 4.69) is 42.0 Å². The Bertz CT molecular complexity index is 1140. The maximum atomic E-state index is 12.9. The third-order valence-electron chi connectivity index (χ3n) is 5.92. The van der Waals surface area contributed by atoms with Gasteiger partial charge >= 0.3 is 0 Å². The van der Waals surface area contributed by atoms with Gasteiger partial charge in [-0.25, -0.2) is 0 Å². The van der Waals surface area contributed by atoms with Crippen LogP contribution in [0.5, 0.6) is 0 Å². The Morgan fingerprint density at radius 2 is 1.87 bits per heavy atom. The minimum absolute atomic E-state index is 0.187. The zero-order chi connectivity index (χ0) is 22.3. The first-order valence-corrected chi connectivity index (χ1v) is 11.9. The number of furan rings is 1. The standard InChI is InChI=1S/C24H25BrN2O3S/c1-24(2,3)14-6-9-16-19(12-14)31-23(20(16)21(26)28)27-22(29)18-11-10-17(30-18)13-4-7-15(25)8-5-13/h4-5,7-8,10-11,14H,6,9,12H2,1-3H3,(H2,26,28)(H,27,29). The Morgan fingerprint density at radius 3 is 2.52 bits per heavy atom. The summed E-state index contributed by atoms with van der Waals surface area (Å²) in [5.41, 5.74) is 8.20. The summed E-state index contributed by atoms with van der Waals surface area (Å²) in [7, 11) is 0.